The maximum atomic E-state index is 2.38. The molecule has 0 aromatic heterocycles. The second-order valence-electron chi connectivity index (χ2n) is 7.60. The van der Waals surface area contributed by atoms with Gasteiger partial charge in [0.05, 0.1) is 0 Å². The number of benzene rings is 4. The Balaban J connectivity index is 1.77. The largest absolute Gasteiger partial charge is 0.0619 e. The second kappa shape index (κ2) is 5.68. The summed E-state index contributed by atoms with van der Waals surface area (Å²) in [5.74, 6) is 0. The summed E-state index contributed by atoms with van der Waals surface area (Å²) in [5.41, 5.74) is 8.31. The van der Waals surface area contributed by atoms with Crippen LogP contribution in [-0.2, 0) is 5.41 Å². The normalized spacial score (nSPS) is 14.3. The van der Waals surface area contributed by atoms with Gasteiger partial charge in [0.25, 0.3) is 0 Å². The van der Waals surface area contributed by atoms with Crippen LogP contribution in [0.5, 0.6) is 0 Å². The molecule has 0 unspecified atom stereocenters. The Labute approximate surface area is 168 Å². The fourth-order valence-electron chi connectivity index (χ4n) is 4.47. The van der Waals surface area contributed by atoms with Crippen molar-refractivity contribution in [3.63, 3.8) is 0 Å². The number of halogens is 1. The lowest BCUT2D eigenvalue weighted by Gasteiger charge is -2.24. The zero-order valence-electron chi connectivity index (χ0n) is 14.9. The van der Waals surface area contributed by atoms with Crippen LogP contribution in [0.1, 0.15) is 25.0 Å². The van der Waals surface area contributed by atoms with Crippen LogP contribution < -0.4 is 0 Å². The molecule has 0 atom stereocenters. The highest BCUT2D eigenvalue weighted by Crippen LogP contribution is 2.52. The summed E-state index contributed by atoms with van der Waals surface area (Å²) in [6.45, 7) is 4.70. The molecule has 0 radical (unpaired) electrons. The van der Waals surface area contributed by atoms with Crippen molar-refractivity contribution in [3.8, 4) is 22.3 Å². The topological polar surface area (TPSA) is 0 Å². The molecular formula is C25H19I. The Morgan fingerprint density at radius 1 is 0.654 bits per heavy atom. The molecular weight excluding hydrogens is 427 g/mol. The van der Waals surface area contributed by atoms with Crippen LogP contribution >= 0.6 is 22.6 Å². The summed E-state index contributed by atoms with van der Waals surface area (Å²) in [6, 6.07) is 29.1. The molecule has 4 aromatic rings. The molecule has 0 bridgehead atoms. The maximum Gasteiger partial charge on any atom is 0.0165 e. The minimum absolute atomic E-state index is 0.0174. The summed E-state index contributed by atoms with van der Waals surface area (Å²) in [4.78, 5) is 0. The van der Waals surface area contributed by atoms with Gasteiger partial charge in [-0.15, -0.1) is 0 Å². The number of fused-ring (bicyclic) bond motifs is 4. The predicted octanol–water partition coefficient (Wildman–Crippen LogP) is 7.42. The van der Waals surface area contributed by atoms with Crippen LogP contribution in [0.15, 0.2) is 78.9 Å². The third kappa shape index (κ3) is 2.26. The van der Waals surface area contributed by atoms with Gasteiger partial charge < -0.3 is 0 Å². The molecule has 1 aliphatic rings. The van der Waals surface area contributed by atoms with E-state index in [9.17, 15) is 0 Å². The minimum atomic E-state index is 0.0174. The lowest BCUT2D eigenvalue weighted by molar-refractivity contribution is 0.662. The van der Waals surface area contributed by atoms with E-state index in [0.717, 1.165) is 0 Å². The highest BCUT2D eigenvalue weighted by Gasteiger charge is 2.37. The molecule has 1 heteroatoms. The van der Waals surface area contributed by atoms with Gasteiger partial charge in [-0.3, -0.25) is 0 Å². The van der Waals surface area contributed by atoms with Crippen molar-refractivity contribution >= 4 is 33.4 Å². The molecule has 0 saturated carbocycles. The van der Waals surface area contributed by atoms with Gasteiger partial charge in [0.15, 0.2) is 0 Å². The Bertz CT molecular complexity index is 1170. The molecule has 26 heavy (non-hydrogen) atoms. The molecule has 0 amide bonds. The van der Waals surface area contributed by atoms with Crippen molar-refractivity contribution in [1.29, 1.82) is 0 Å². The summed E-state index contributed by atoms with van der Waals surface area (Å²) in [7, 11) is 0. The van der Waals surface area contributed by atoms with E-state index in [4.69, 9.17) is 0 Å². The van der Waals surface area contributed by atoms with E-state index in [1.807, 2.05) is 0 Å². The highest BCUT2D eigenvalue weighted by atomic mass is 127. The second-order valence-corrected chi connectivity index (χ2v) is 8.85. The molecule has 0 saturated heterocycles. The zero-order chi connectivity index (χ0) is 17.9. The molecule has 5 rings (SSSR count). The fraction of sp³-hybridized carbons (Fsp3) is 0.120. The van der Waals surface area contributed by atoms with Crippen molar-refractivity contribution in [1.82, 2.24) is 0 Å². The monoisotopic (exact) mass is 446 g/mol. The lowest BCUT2D eigenvalue weighted by Crippen LogP contribution is -2.16. The van der Waals surface area contributed by atoms with Gasteiger partial charge in [0.1, 0.15) is 0 Å². The molecule has 1 aliphatic carbocycles. The van der Waals surface area contributed by atoms with Crippen molar-refractivity contribution in [2.24, 2.45) is 0 Å². The fourth-order valence-corrected chi connectivity index (χ4v) is 4.99. The van der Waals surface area contributed by atoms with Crippen LogP contribution in [0.4, 0.5) is 0 Å². The van der Waals surface area contributed by atoms with Crippen molar-refractivity contribution in [3.05, 3.63) is 93.6 Å². The van der Waals surface area contributed by atoms with E-state index in [2.05, 4.69) is 115 Å². The molecule has 0 heterocycles. The Kier molecular flexibility index (Phi) is 3.51. The van der Waals surface area contributed by atoms with Gasteiger partial charge in [-0.2, -0.15) is 0 Å². The van der Waals surface area contributed by atoms with E-state index in [1.54, 1.807) is 0 Å². The summed E-state index contributed by atoms with van der Waals surface area (Å²) in [6.07, 6.45) is 0. The molecule has 0 N–H and O–H groups in total. The summed E-state index contributed by atoms with van der Waals surface area (Å²) in [5, 5.41) is 2.60. The first-order chi connectivity index (χ1) is 12.6. The van der Waals surface area contributed by atoms with Crippen LogP contribution in [0.25, 0.3) is 33.0 Å². The molecule has 4 aromatic carbocycles. The number of hydrogen-bond donors (Lipinski definition) is 0. The number of rotatable bonds is 1. The van der Waals surface area contributed by atoms with Crippen LogP contribution in [0.3, 0.4) is 0 Å². The summed E-state index contributed by atoms with van der Waals surface area (Å²) < 4.78 is 1.28. The third-order valence-electron chi connectivity index (χ3n) is 5.69. The van der Waals surface area contributed by atoms with Crippen molar-refractivity contribution in [2.45, 2.75) is 19.3 Å². The highest BCUT2D eigenvalue weighted by molar-refractivity contribution is 14.1. The summed E-state index contributed by atoms with van der Waals surface area (Å²) >= 11 is 2.38. The molecule has 0 spiro atoms. The SMILES string of the molecule is CC1(C)c2ccccc2-c2cccc(-c3ccc4cc(I)ccc4c3)c21. The minimum Gasteiger partial charge on any atom is -0.0619 e. The molecule has 0 fully saturated rings. The van der Waals surface area contributed by atoms with Crippen LogP contribution in [0.2, 0.25) is 0 Å². The van der Waals surface area contributed by atoms with Gasteiger partial charge in [-0.25, -0.2) is 0 Å². The molecule has 126 valence electrons. The van der Waals surface area contributed by atoms with Gasteiger partial charge in [-0.1, -0.05) is 74.5 Å². The standard InChI is InChI=1S/C25H19I/c1-25(2)23-9-4-3-6-21(23)22-8-5-7-20(24(22)25)18-11-10-17-15-19(26)13-12-16(17)14-18/h3-15H,1-2H3. The smallest absolute Gasteiger partial charge is 0.0165 e. The lowest BCUT2D eigenvalue weighted by atomic mass is 9.78. The third-order valence-corrected chi connectivity index (χ3v) is 6.36. The van der Waals surface area contributed by atoms with E-state index < -0.39 is 0 Å². The van der Waals surface area contributed by atoms with E-state index in [-0.39, 0.29) is 5.41 Å². The quantitative estimate of drug-likeness (QED) is 0.267. The average Bonchev–Trinajstić information content (AvgIpc) is 2.90. The first-order valence-corrected chi connectivity index (χ1v) is 10.1. The first-order valence-electron chi connectivity index (χ1n) is 8.99. The number of hydrogen-bond acceptors (Lipinski definition) is 0. The van der Waals surface area contributed by atoms with Crippen molar-refractivity contribution < 1.29 is 0 Å². The molecule has 0 nitrogen and oxygen atoms in total. The van der Waals surface area contributed by atoms with Crippen LogP contribution in [0, 0.1) is 3.57 Å². The van der Waals surface area contributed by atoms with Gasteiger partial charge >= 0.3 is 0 Å². The Hall–Kier alpha value is -2.13. The van der Waals surface area contributed by atoms with Gasteiger partial charge in [-0.05, 0) is 84.9 Å². The van der Waals surface area contributed by atoms with Crippen LogP contribution in [-0.4, -0.2) is 0 Å². The van der Waals surface area contributed by atoms with Crippen molar-refractivity contribution in [2.75, 3.05) is 0 Å². The molecule has 0 aliphatic heterocycles. The van der Waals surface area contributed by atoms with Gasteiger partial charge in [0, 0.05) is 8.99 Å². The Morgan fingerprint density at radius 3 is 2.23 bits per heavy atom. The van der Waals surface area contributed by atoms with E-state index in [0.29, 0.717) is 0 Å². The Morgan fingerprint density at radius 2 is 1.35 bits per heavy atom. The van der Waals surface area contributed by atoms with E-state index in [1.165, 1.54) is 47.7 Å². The first kappa shape index (κ1) is 16.1. The predicted molar refractivity (Wildman–Crippen MR) is 120 cm³/mol. The van der Waals surface area contributed by atoms with Gasteiger partial charge in [0.2, 0.25) is 0 Å². The van der Waals surface area contributed by atoms with E-state index >= 15 is 0 Å². The average molecular weight is 446 g/mol. The zero-order valence-corrected chi connectivity index (χ0v) is 17.0. The maximum absolute atomic E-state index is 2.38.